The molecule has 2 fully saturated rings. The number of aliphatic hydroxyl groups is 7. The normalized spacial score (nSPS) is 25.3. The van der Waals surface area contributed by atoms with Crippen molar-refractivity contribution in [3.05, 3.63) is 53.5 Å². The van der Waals surface area contributed by atoms with Gasteiger partial charge in [0.15, 0.2) is 6.29 Å². The number of carbonyl (C=O) groups excluding carboxylic acids is 7. The summed E-state index contributed by atoms with van der Waals surface area (Å²) in [6.45, 7) is 3.39. The molecule has 0 radical (unpaired) electrons. The van der Waals surface area contributed by atoms with Gasteiger partial charge in [-0.25, -0.2) is 4.98 Å². The van der Waals surface area contributed by atoms with Crippen molar-refractivity contribution < 1.29 is 83.5 Å². The fourth-order valence-electron chi connectivity index (χ4n) is 3.18. The Hall–Kier alpha value is -4.65. The number of rotatable bonds is 3. The maximum atomic E-state index is 11.8. The van der Waals surface area contributed by atoms with Gasteiger partial charge in [-0.1, -0.05) is 12.1 Å². The summed E-state index contributed by atoms with van der Waals surface area (Å²) in [5, 5.41) is 63.7. The summed E-state index contributed by atoms with van der Waals surface area (Å²) in [4.78, 5) is 68.4. The van der Waals surface area contributed by atoms with E-state index in [4.69, 9.17) is 64.4 Å². The Labute approximate surface area is 266 Å². The van der Waals surface area contributed by atoms with E-state index < -0.39 is 55.2 Å². The highest BCUT2D eigenvalue weighted by atomic mass is 16.7. The number of carbonyl (C=O) groups is 1. The van der Waals surface area contributed by atoms with Crippen molar-refractivity contribution in [2.45, 2.75) is 69.5 Å². The summed E-state index contributed by atoms with van der Waals surface area (Å²) in [7, 11) is 0. The summed E-state index contributed by atoms with van der Waals surface area (Å²) < 4.78 is 14.4. The largest absolute Gasteiger partial charge is 0.432 e. The SMILES string of the molecule is Cc1cccnc1CC(=O)OC1OCC(O)C(O)C1O.Cc1cccnc1N.O=C=O.O=C=O.O=C=O.OC1COC(O)C(O)C1O. The first-order chi connectivity index (χ1) is 22.2. The maximum Gasteiger partial charge on any atom is 0.373 e. The molecule has 2 saturated heterocycles. The predicted molar refractivity (Wildman–Crippen MR) is 145 cm³/mol. The molecule has 4 heterocycles. The average molecular weight is 674 g/mol. The second-order valence-corrected chi connectivity index (χ2v) is 8.91. The molecule has 47 heavy (non-hydrogen) atoms. The number of ether oxygens (including phenoxy) is 3. The second kappa shape index (κ2) is 25.5. The molecule has 4 rings (SSSR count). The number of aliphatic hydroxyl groups excluding tert-OH is 7. The van der Waals surface area contributed by atoms with Crippen molar-refractivity contribution in [3.8, 4) is 0 Å². The highest BCUT2D eigenvalue weighted by molar-refractivity contribution is 5.72. The third-order valence-electron chi connectivity index (χ3n) is 5.66. The highest BCUT2D eigenvalue weighted by Crippen LogP contribution is 2.17. The monoisotopic (exact) mass is 673 g/mol. The number of hydrogen-bond acceptors (Lipinski definition) is 20. The Morgan fingerprint density at radius 2 is 1.21 bits per heavy atom. The number of nitrogens with two attached hydrogens (primary N) is 1. The number of nitrogens with zero attached hydrogens (tertiary/aromatic N) is 2. The van der Waals surface area contributed by atoms with Crippen LogP contribution < -0.4 is 5.73 Å². The minimum atomic E-state index is -1.48. The van der Waals surface area contributed by atoms with Crippen LogP contribution in [0.15, 0.2) is 36.7 Å². The molecule has 0 amide bonds. The van der Waals surface area contributed by atoms with Crippen LogP contribution in [0.5, 0.6) is 0 Å². The zero-order valence-corrected chi connectivity index (χ0v) is 24.9. The Bertz CT molecular complexity index is 1220. The van der Waals surface area contributed by atoms with Crippen LogP contribution in [-0.2, 0) is 54.2 Å². The van der Waals surface area contributed by atoms with Crippen molar-refractivity contribution in [3.63, 3.8) is 0 Å². The van der Waals surface area contributed by atoms with Gasteiger partial charge in [0.05, 0.1) is 25.3 Å². The van der Waals surface area contributed by atoms with E-state index in [1.165, 1.54) is 0 Å². The smallest absolute Gasteiger partial charge is 0.373 e. The van der Waals surface area contributed by atoms with Gasteiger partial charge in [-0.2, -0.15) is 28.8 Å². The fourth-order valence-corrected chi connectivity index (χ4v) is 3.18. The van der Waals surface area contributed by atoms with E-state index in [2.05, 4.69) is 14.7 Å². The van der Waals surface area contributed by atoms with E-state index in [0.29, 0.717) is 11.5 Å². The molecule has 0 aliphatic carbocycles. The van der Waals surface area contributed by atoms with Crippen LogP contribution in [0.3, 0.4) is 0 Å². The van der Waals surface area contributed by atoms with Gasteiger partial charge < -0.3 is 55.7 Å². The topological polar surface area (TPSA) is 341 Å². The Morgan fingerprint density at radius 1 is 0.766 bits per heavy atom. The average Bonchev–Trinajstić information content (AvgIpc) is 3.03. The Balaban J connectivity index is 0. The van der Waals surface area contributed by atoms with Crippen LogP contribution in [0.2, 0.25) is 0 Å². The van der Waals surface area contributed by atoms with Gasteiger partial charge in [0.1, 0.15) is 42.4 Å². The van der Waals surface area contributed by atoms with Crippen molar-refractivity contribution in [1.29, 1.82) is 0 Å². The summed E-state index contributed by atoms with van der Waals surface area (Å²) in [5.41, 5.74) is 7.87. The van der Waals surface area contributed by atoms with Gasteiger partial charge >= 0.3 is 24.4 Å². The number of pyridine rings is 2. The third kappa shape index (κ3) is 18.2. The van der Waals surface area contributed by atoms with Crippen LogP contribution in [0.25, 0.3) is 0 Å². The Morgan fingerprint density at radius 3 is 1.64 bits per heavy atom. The molecule has 2 aliphatic rings. The van der Waals surface area contributed by atoms with E-state index >= 15 is 0 Å². The second-order valence-electron chi connectivity index (χ2n) is 8.91. The summed E-state index contributed by atoms with van der Waals surface area (Å²) >= 11 is 0. The van der Waals surface area contributed by atoms with Crippen molar-refractivity contribution in [2.75, 3.05) is 18.9 Å². The van der Waals surface area contributed by atoms with Crippen LogP contribution in [0.4, 0.5) is 5.82 Å². The molecule has 0 bridgehead atoms. The molecule has 2 aromatic heterocycles. The highest BCUT2D eigenvalue weighted by Gasteiger charge is 2.40. The number of hydrogen-bond donors (Lipinski definition) is 8. The van der Waals surface area contributed by atoms with E-state index in [1.54, 1.807) is 18.5 Å². The molecule has 0 saturated carbocycles. The molecule has 260 valence electrons. The summed E-state index contributed by atoms with van der Waals surface area (Å²) in [6.07, 6.45) is -6.65. The Kier molecular flexibility index (Phi) is 24.2. The molecule has 0 aromatic carbocycles. The third-order valence-corrected chi connectivity index (χ3v) is 5.66. The number of esters is 1. The van der Waals surface area contributed by atoms with Gasteiger partial charge in [-0.15, -0.1) is 0 Å². The van der Waals surface area contributed by atoms with E-state index in [-0.39, 0.29) is 38.1 Å². The van der Waals surface area contributed by atoms with Crippen LogP contribution in [0.1, 0.15) is 16.8 Å². The molecule has 0 spiro atoms. The molecular weight excluding hydrogens is 638 g/mol. The quantitative estimate of drug-likeness (QED) is 0.142. The maximum absolute atomic E-state index is 11.8. The first kappa shape index (κ1) is 44.5. The number of anilines is 1. The van der Waals surface area contributed by atoms with E-state index in [9.17, 15) is 20.1 Å². The first-order valence-corrected chi connectivity index (χ1v) is 12.9. The van der Waals surface area contributed by atoms with E-state index in [0.717, 1.165) is 11.1 Å². The van der Waals surface area contributed by atoms with Crippen LogP contribution in [-0.4, -0.2) is 133 Å². The van der Waals surface area contributed by atoms with Gasteiger partial charge in [0.2, 0.25) is 6.29 Å². The first-order valence-electron chi connectivity index (χ1n) is 12.9. The molecular formula is C27H35N3O17. The molecule has 2 aromatic rings. The van der Waals surface area contributed by atoms with E-state index in [1.807, 2.05) is 32.0 Å². The molecule has 8 unspecified atom stereocenters. The zero-order chi connectivity index (χ0) is 36.5. The fraction of sp³-hybridized carbons (Fsp3) is 0.481. The molecule has 2 aliphatic heterocycles. The molecule has 20 nitrogen and oxygen atoms in total. The van der Waals surface area contributed by atoms with Gasteiger partial charge in [0, 0.05) is 12.4 Å². The van der Waals surface area contributed by atoms with Crippen molar-refractivity contribution in [1.82, 2.24) is 9.97 Å². The lowest BCUT2D eigenvalue weighted by molar-refractivity contribution is -0.262. The molecule has 9 N–H and O–H groups in total. The van der Waals surface area contributed by atoms with Crippen molar-refractivity contribution in [2.24, 2.45) is 0 Å². The molecule has 20 heteroatoms. The molecule has 8 atom stereocenters. The lowest BCUT2D eigenvalue weighted by Crippen LogP contribution is -2.54. The minimum absolute atomic E-state index is 0.0576. The van der Waals surface area contributed by atoms with Gasteiger partial charge in [-0.05, 0) is 37.1 Å². The number of aryl methyl sites for hydroxylation is 2. The number of nitrogen functional groups attached to an aromatic ring is 1. The zero-order valence-electron chi connectivity index (χ0n) is 24.9. The van der Waals surface area contributed by atoms with Crippen LogP contribution >= 0.6 is 0 Å². The van der Waals surface area contributed by atoms with Gasteiger partial charge in [-0.3, -0.25) is 9.78 Å². The lowest BCUT2D eigenvalue weighted by atomic mass is 10.1. The summed E-state index contributed by atoms with van der Waals surface area (Å²) in [5.74, 6) is -0.00746. The summed E-state index contributed by atoms with van der Waals surface area (Å²) in [6, 6.07) is 7.38. The standard InChI is InChI=1S/C13H17NO6.C6H8N2.C5H10O5.3CO2/c1-7-3-2-4-14-8(7)5-10(16)20-13-12(18)11(17)9(15)6-19-13;1-5-3-2-4-8-6(5)7;6-2-1-10-5(9)4(8)3(2)7;3*2-1-3/h2-4,9,11-13,15,17-18H,5-6H2,1H3;2-4H,1H3,(H2,7,8);2-9H,1H2;;;. The number of aromatic nitrogens is 2. The van der Waals surface area contributed by atoms with Crippen molar-refractivity contribution >= 4 is 30.2 Å². The van der Waals surface area contributed by atoms with Gasteiger partial charge in [0.25, 0.3) is 0 Å². The predicted octanol–water partition coefficient (Wildman–Crippen LogP) is -4.45. The lowest BCUT2D eigenvalue weighted by Gasteiger charge is -2.34. The van der Waals surface area contributed by atoms with Crippen LogP contribution in [0, 0.1) is 13.8 Å². The minimum Gasteiger partial charge on any atom is -0.432 e.